The highest BCUT2D eigenvalue weighted by molar-refractivity contribution is 5.97. The summed E-state index contributed by atoms with van der Waals surface area (Å²) < 4.78 is 0. The molecule has 0 aliphatic heterocycles. The van der Waals surface area contributed by atoms with Crippen molar-refractivity contribution in [1.29, 1.82) is 0 Å². The Morgan fingerprint density at radius 1 is 1.30 bits per heavy atom. The lowest BCUT2D eigenvalue weighted by Gasteiger charge is -2.29. The minimum atomic E-state index is -2.75. The maximum atomic E-state index is 11.9. The van der Waals surface area contributed by atoms with Crippen molar-refractivity contribution in [1.82, 2.24) is 5.32 Å². The van der Waals surface area contributed by atoms with Gasteiger partial charge in [0.05, 0.1) is 0 Å². The van der Waals surface area contributed by atoms with Crippen LogP contribution in [-0.2, 0) is 4.79 Å². The van der Waals surface area contributed by atoms with Crippen molar-refractivity contribution in [2.45, 2.75) is 24.7 Å². The molecule has 1 unspecified atom stereocenters. The summed E-state index contributed by atoms with van der Waals surface area (Å²) >= 11 is 0. The summed E-state index contributed by atoms with van der Waals surface area (Å²) in [5.74, 6) is -2.52. The molecule has 0 spiro atoms. The van der Waals surface area contributed by atoms with Gasteiger partial charge in [0.2, 0.25) is 0 Å². The van der Waals surface area contributed by atoms with Gasteiger partial charge in [-0.2, -0.15) is 0 Å². The maximum absolute atomic E-state index is 11.9. The molecule has 2 atom stereocenters. The monoisotopic (exact) mass is 282 g/mol. The second kappa shape index (κ2) is 6.99. The van der Waals surface area contributed by atoms with Gasteiger partial charge in [-0.25, -0.2) is 4.79 Å². The quantitative estimate of drug-likeness (QED) is 0.420. The highest BCUT2D eigenvalue weighted by atomic mass is 16.4. The van der Waals surface area contributed by atoms with Gasteiger partial charge in [-0.1, -0.05) is 18.2 Å². The maximum Gasteiger partial charge on any atom is 0.360 e. The van der Waals surface area contributed by atoms with E-state index in [1.807, 2.05) is 5.32 Å². The van der Waals surface area contributed by atoms with Crippen LogP contribution in [0.25, 0.3) is 0 Å². The number of rotatable bonds is 7. The molecule has 110 valence electrons. The van der Waals surface area contributed by atoms with E-state index in [0.29, 0.717) is 6.42 Å². The summed E-state index contributed by atoms with van der Waals surface area (Å²) in [7, 11) is 0. The molecule has 0 radical (unpaired) electrons. The van der Waals surface area contributed by atoms with Gasteiger partial charge in [0.15, 0.2) is 0 Å². The van der Waals surface area contributed by atoms with Gasteiger partial charge in [0.25, 0.3) is 11.6 Å². The van der Waals surface area contributed by atoms with Gasteiger partial charge in [0.1, 0.15) is 6.10 Å². The standard InChI is InChI=1S/C13H18N2O5/c14-8-4-7-10(16)13(20,12(18)19)15-11(17)9-5-2-1-3-6-9/h1-3,5-6,10,16,20H,4,7-8,14H2,(H,15,17)(H,18,19)/t10?,13-/m1/s1. The lowest BCUT2D eigenvalue weighted by Crippen LogP contribution is -2.62. The first-order valence-electron chi connectivity index (χ1n) is 6.13. The van der Waals surface area contributed by atoms with Crippen LogP contribution < -0.4 is 11.1 Å². The van der Waals surface area contributed by atoms with Crippen molar-refractivity contribution < 1.29 is 24.9 Å². The number of carboxylic acids is 1. The van der Waals surface area contributed by atoms with Gasteiger partial charge in [-0.05, 0) is 31.5 Å². The fourth-order valence-electron chi connectivity index (χ4n) is 1.63. The van der Waals surface area contributed by atoms with Crippen molar-refractivity contribution in [3.05, 3.63) is 35.9 Å². The first-order valence-corrected chi connectivity index (χ1v) is 6.13. The number of carboxylic acid groups (broad SMARTS) is 1. The van der Waals surface area contributed by atoms with E-state index in [1.54, 1.807) is 18.2 Å². The zero-order chi connectivity index (χ0) is 15.2. The molecule has 0 saturated heterocycles. The number of benzene rings is 1. The Morgan fingerprint density at radius 2 is 1.90 bits per heavy atom. The Morgan fingerprint density at radius 3 is 2.40 bits per heavy atom. The van der Waals surface area contributed by atoms with Gasteiger partial charge in [0, 0.05) is 5.56 Å². The zero-order valence-corrected chi connectivity index (χ0v) is 10.8. The molecule has 0 aliphatic rings. The van der Waals surface area contributed by atoms with Gasteiger partial charge >= 0.3 is 5.97 Å². The van der Waals surface area contributed by atoms with Crippen LogP contribution in [0.3, 0.4) is 0 Å². The molecule has 0 heterocycles. The summed E-state index contributed by atoms with van der Waals surface area (Å²) in [4.78, 5) is 23.0. The number of aliphatic hydroxyl groups is 2. The summed E-state index contributed by atoms with van der Waals surface area (Å²) in [5.41, 5.74) is 2.69. The summed E-state index contributed by atoms with van der Waals surface area (Å²) in [6.45, 7) is 0.236. The molecule has 0 saturated carbocycles. The molecule has 1 aromatic rings. The third-order valence-corrected chi connectivity index (χ3v) is 2.83. The highest BCUT2D eigenvalue weighted by Crippen LogP contribution is 2.14. The Labute approximate surface area is 116 Å². The largest absolute Gasteiger partial charge is 0.478 e. The Hall–Kier alpha value is -1.96. The molecular formula is C13H18N2O5. The molecule has 7 heteroatoms. The first kappa shape index (κ1) is 16.1. The zero-order valence-electron chi connectivity index (χ0n) is 10.8. The number of hydrogen-bond donors (Lipinski definition) is 5. The van der Waals surface area contributed by atoms with Crippen LogP contribution in [0.1, 0.15) is 23.2 Å². The fraction of sp³-hybridized carbons (Fsp3) is 0.385. The Bertz CT molecular complexity index is 465. The second-order valence-electron chi connectivity index (χ2n) is 4.34. The minimum Gasteiger partial charge on any atom is -0.478 e. The van der Waals surface area contributed by atoms with Gasteiger partial charge < -0.3 is 26.4 Å². The minimum absolute atomic E-state index is 0.0473. The van der Waals surface area contributed by atoms with E-state index in [0.717, 1.165) is 0 Å². The third-order valence-electron chi connectivity index (χ3n) is 2.83. The first-order chi connectivity index (χ1) is 9.41. The molecule has 20 heavy (non-hydrogen) atoms. The van der Waals surface area contributed by atoms with Crippen molar-refractivity contribution in [2.75, 3.05) is 6.54 Å². The molecule has 0 aromatic heterocycles. The van der Waals surface area contributed by atoms with E-state index in [1.165, 1.54) is 12.1 Å². The number of nitrogens with one attached hydrogen (secondary N) is 1. The predicted molar refractivity (Wildman–Crippen MR) is 70.8 cm³/mol. The molecule has 7 nitrogen and oxygen atoms in total. The lowest BCUT2D eigenvalue weighted by atomic mass is 10.0. The number of hydrogen-bond acceptors (Lipinski definition) is 5. The van der Waals surface area contributed by atoms with E-state index in [2.05, 4.69) is 0 Å². The van der Waals surface area contributed by atoms with E-state index < -0.39 is 23.7 Å². The van der Waals surface area contributed by atoms with Crippen molar-refractivity contribution in [3.63, 3.8) is 0 Å². The highest BCUT2D eigenvalue weighted by Gasteiger charge is 2.45. The van der Waals surface area contributed by atoms with E-state index >= 15 is 0 Å². The Kier molecular flexibility index (Phi) is 5.63. The average Bonchev–Trinajstić information content (AvgIpc) is 2.45. The average molecular weight is 282 g/mol. The van der Waals surface area contributed by atoms with Gasteiger partial charge in [-0.15, -0.1) is 0 Å². The van der Waals surface area contributed by atoms with Crippen LogP contribution >= 0.6 is 0 Å². The van der Waals surface area contributed by atoms with Crippen LogP contribution in [0.5, 0.6) is 0 Å². The summed E-state index contributed by atoms with van der Waals surface area (Å²) in [6.07, 6.45) is -1.39. The fourth-order valence-corrected chi connectivity index (χ4v) is 1.63. The number of carbonyl (C=O) groups excluding carboxylic acids is 1. The molecule has 0 fully saturated rings. The van der Waals surface area contributed by atoms with Crippen molar-refractivity contribution in [3.8, 4) is 0 Å². The smallest absolute Gasteiger partial charge is 0.360 e. The number of carbonyl (C=O) groups is 2. The topological polar surface area (TPSA) is 133 Å². The number of aliphatic carboxylic acids is 1. The van der Waals surface area contributed by atoms with Gasteiger partial charge in [-0.3, -0.25) is 4.79 Å². The normalized spacial score (nSPS) is 15.2. The Balaban J connectivity index is 2.86. The lowest BCUT2D eigenvalue weighted by molar-refractivity contribution is -0.176. The van der Waals surface area contributed by atoms with Crippen LogP contribution in [0.15, 0.2) is 30.3 Å². The SMILES string of the molecule is NCCCC(O)[C@](O)(NC(=O)c1ccccc1)C(=O)O. The third kappa shape index (κ3) is 3.77. The van der Waals surface area contributed by atoms with Crippen LogP contribution in [0.2, 0.25) is 0 Å². The number of amides is 1. The van der Waals surface area contributed by atoms with E-state index in [9.17, 15) is 19.8 Å². The van der Waals surface area contributed by atoms with Crippen molar-refractivity contribution in [2.24, 2.45) is 5.73 Å². The number of aliphatic hydroxyl groups excluding tert-OH is 1. The number of nitrogens with two attached hydrogens (primary N) is 1. The summed E-state index contributed by atoms with van der Waals surface area (Å²) in [5, 5.41) is 30.7. The second-order valence-corrected chi connectivity index (χ2v) is 4.34. The molecule has 0 aliphatic carbocycles. The molecule has 1 rings (SSSR count). The molecule has 1 amide bonds. The van der Waals surface area contributed by atoms with Crippen LogP contribution in [0.4, 0.5) is 0 Å². The predicted octanol–water partition coefficient (Wildman–Crippen LogP) is -0.711. The molecular weight excluding hydrogens is 264 g/mol. The van der Waals surface area contributed by atoms with Crippen molar-refractivity contribution >= 4 is 11.9 Å². The van der Waals surface area contributed by atoms with E-state index in [-0.39, 0.29) is 18.5 Å². The molecule has 0 bridgehead atoms. The summed E-state index contributed by atoms with van der Waals surface area (Å²) in [6, 6.07) is 7.81. The van der Waals surface area contributed by atoms with Crippen LogP contribution in [0, 0.1) is 0 Å². The van der Waals surface area contributed by atoms with E-state index in [4.69, 9.17) is 10.8 Å². The van der Waals surface area contributed by atoms with Crippen LogP contribution in [-0.4, -0.2) is 45.6 Å². The molecule has 6 N–H and O–H groups in total. The molecule has 1 aromatic carbocycles.